The summed E-state index contributed by atoms with van der Waals surface area (Å²) in [5.74, 6) is 0.0738. The monoisotopic (exact) mass is 460 g/mol. The molecule has 6 nitrogen and oxygen atoms in total. The summed E-state index contributed by atoms with van der Waals surface area (Å²) >= 11 is 5.96. The second kappa shape index (κ2) is 9.46. The molecule has 0 aliphatic carbocycles. The van der Waals surface area contributed by atoms with Gasteiger partial charge in [0.05, 0.1) is 6.54 Å². The number of fused-ring (bicyclic) bond motifs is 1. The van der Waals surface area contributed by atoms with E-state index in [2.05, 4.69) is 0 Å². The lowest BCUT2D eigenvalue weighted by Gasteiger charge is -2.23. The maximum absolute atomic E-state index is 13.3. The van der Waals surface area contributed by atoms with Gasteiger partial charge < -0.3 is 14.7 Å². The van der Waals surface area contributed by atoms with Gasteiger partial charge in [0.15, 0.2) is 0 Å². The molecule has 0 radical (unpaired) electrons. The van der Waals surface area contributed by atoms with Crippen LogP contribution < -0.4 is 4.90 Å². The minimum atomic E-state index is -0.205. The number of hydrogen-bond donors (Lipinski definition) is 1. The van der Waals surface area contributed by atoms with Crippen LogP contribution in [0.2, 0.25) is 5.02 Å². The zero-order chi connectivity index (χ0) is 23.5. The minimum absolute atomic E-state index is 0.0144. The Morgan fingerprint density at radius 1 is 0.939 bits per heavy atom. The number of para-hydroxylation sites is 1. The van der Waals surface area contributed by atoms with E-state index in [0.717, 1.165) is 22.4 Å². The summed E-state index contributed by atoms with van der Waals surface area (Å²) in [5, 5.41) is 8.68. The number of amidine groups is 1. The average Bonchev–Trinajstić information content (AvgIpc) is 2.95. The van der Waals surface area contributed by atoms with Crippen LogP contribution in [0.3, 0.4) is 0 Å². The zero-order valence-corrected chi connectivity index (χ0v) is 19.3. The van der Waals surface area contributed by atoms with Crippen LogP contribution >= 0.6 is 11.6 Å². The number of carbonyl (C=O) groups excluding carboxylic acids is 2. The van der Waals surface area contributed by atoms with Gasteiger partial charge in [-0.15, -0.1) is 0 Å². The SMILES string of the molecule is CN(C)C(=N)c1ccc(CN2C(=O)CN(C(=O)c3ccc(Cl)cc3)Cc3ccccc32)cc1. The molecule has 3 aromatic rings. The topological polar surface area (TPSA) is 67.7 Å². The van der Waals surface area contributed by atoms with Crippen LogP contribution in [-0.2, 0) is 17.9 Å². The fourth-order valence-electron chi connectivity index (χ4n) is 3.85. The van der Waals surface area contributed by atoms with Gasteiger partial charge in [-0.1, -0.05) is 54.1 Å². The molecule has 1 aliphatic rings. The molecule has 1 heterocycles. The van der Waals surface area contributed by atoms with Crippen LogP contribution in [0.4, 0.5) is 5.69 Å². The van der Waals surface area contributed by atoms with Gasteiger partial charge in [0.2, 0.25) is 5.91 Å². The maximum atomic E-state index is 13.3. The summed E-state index contributed by atoms with van der Waals surface area (Å²) in [4.78, 5) is 31.5. The fraction of sp³-hybridized carbons (Fsp3) is 0.192. The number of halogens is 1. The van der Waals surface area contributed by atoms with Crippen molar-refractivity contribution < 1.29 is 9.59 Å². The third-order valence-electron chi connectivity index (χ3n) is 5.66. The normalized spacial score (nSPS) is 13.4. The van der Waals surface area contributed by atoms with Crippen LogP contribution in [0.15, 0.2) is 72.8 Å². The third kappa shape index (κ3) is 4.91. The highest BCUT2D eigenvalue weighted by atomic mass is 35.5. The smallest absolute Gasteiger partial charge is 0.254 e. The Morgan fingerprint density at radius 3 is 2.24 bits per heavy atom. The summed E-state index contributed by atoms with van der Waals surface area (Å²) in [6, 6.07) is 22.0. The molecular weight excluding hydrogens is 436 g/mol. The van der Waals surface area contributed by atoms with E-state index >= 15 is 0 Å². The quantitative estimate of drug-likeness (QED) is 0.463. The first-order valence-corrected chi connectivity index (χ1v) is 11.0. The van der Waals surface area contributed by atoms with Gasteiger partial charge in [0, 0.05) is 42.5 Å². The highest BCUT2D eigenvalue weighted by Gasteiger charge is 2.29. The largest absolute Gasteiger partial charge is 0.363 e. The molecule has 2 amide bonds. The molecule has 0 unspecified atom stereocenters. The Bertz CT molecular complexity index is 1190. The summed E-state index contributed by atoms with van der Waals surface area (Å²) in [6.45, 7) is 0.715. The van der Waals surface area contributed by atoms with Crippen LogP contribution in [-0.4, -0.2) is 48.1 Å². The standard InChI is InChI=1S/C26H25ClN4O2/c1-29(2)25(28)19-9-7-18(8-10-19)15-31-23-6-4-3-5-21(23)16-30(17-24(31)32)26(33)20-11-13-22(27)14-12-20/h3-14,28H,15-17H2,1-2H3. The molecular formula is C26H25ClN4O2. The number of amides is 2. The van der Waals surface area contributed by atoms with Crippen LogP contribution in [0, 0.1) is 5.41 Å². The second-order valence-electron chi connectivity index (χ2n) is 8.22. The molecule has 0 atom stereocenters. The van der Waals surface area contributed by atoms with Crippen molar-refractivity contribution in [1.82, 2.24) is 9.80 Å². The lowest BCUT2D eigenvalue weighted by molar-refractivity contribution is -0.119. The molecule has 0 bridgehead atoms. The zero-order valence-electron chi connectivity index (χ0n) is 18.6. The third-order valence-corrected chi connectivity index (χ3v) is 5.92. The molecule has 33 heavy (non-hydrogen) atoms. The van der Waals surface area contributed by atoms with Gasteiger partial charge in [-0.25, -0.2) is 0 Å². The Balaban J connectivity index is 1.60. The van der Waals surface area contributed by atoms with Crippen LogP contribution in [0.5, 0.6) is 0 Å². The van der Waals surface area contributed by atoms with E-state index in [1.165, 1.54) is 0 Å². The van der Waals surface area contributed by atoms with Crippen LogP contribution in [0.25, 0.3) is 0 Å². The summed E-state index contributed by atoms with van der Waals surface area (Å²) < 4.78 is 0. The number of nitrogens with one attached hydrogen (secondary N) is 1. The summed E-state index contributed by atoms with van der Waals surface area (Å²) in [6.07, 6.45) is 0. The highest BCUT2D eigenvalue weighted by Crippen LogP contribution is 2.28. The predicted octanol–water partition coefficient (Wildman–Crippen LogP) is 4.42. The Kier molecular flexibility index (Phi) is 6.47. The molecule has 4 rings (SSSR count). The molecule has 0 fully saturated rings. The first-order chi connectivity index (χ1) is 15.8. The molecule has 1 N–H and O–H groups in total. The van der Waals surface area contributed by atoms with E-state index in [1.54, 1.807) is 39.0 Å². The number of rotatable bonds is 4. The van der Waals surface area contributed by atoms with Gasteiger partial charge in [0.1, 0.15) is 12.4 Å². The Labute approximate surface area is 198 Å². The van der Waals surface area contributed by atoms with E-state index in [1.807, 2.05) is 62.6 Å². The van der Waals surface area contributed by atoms with Gasteiger partial charge in [0.25, 0.3) is 5.91 Å². The minimum Gasteiger partial charge on any atom is -0.363 e. The molecule has 0 spiro atoms. The molecule has 7 heteroatoms. The van der Waals surface area contributed by atoms with Crippen molar-refractivity contribution in [2.45, 2.75) is 13.1 Å². The Morgan fingerprint density at radius 2 is 1.58 bits per heavy atom. The first kappa shape index (κ1) is 22.6. The number of hydrogen-bond acceptors (Lipinski definition) is 3. The molecule has 0 saturated heterocycles. The molecule has 0 saturated carbocycles. The van der Waals surface area contributed by atoms with Crippen LogP contribution in [0.1, 0.15) is 27.0 Å². The van der Waals surface area contributed by atoms with Crippen molar-refractivity contribution in [3.8, 4) is 0 Å². The van der Waals surface area contributed by atoms with E-state index in [9.17, 15) is 9.59 Å². The molecule has 168 valence electrons. The maximum Gasteiger partial charge on any atom is 0.254 e. The molecule has 1 aliphatic heterocycles. The van der Waals surface area contributed by atoms with E-state index in [0.29, 0.717) is 29.5 Å². The fourth-order valence-corrected chi connectivity index (χ4v) is 3.98. The van der Waals surface area contributed by atoms with Gasteiger partial charge >= 0.3 is 0 Å². The van der Waals surface area contributed by atoms with Crippen molar-refractivity contribution in [1.29, 1.82) is 5.41 Å². The molecule has 0 aromatic heterocycles. The molecule has 3 aromatic carbocycles. The van der Waals surface area contributed by atoms with Crippen molar-refractivity contribution in [2.75, 3.05) is 25.5 Å². The van der Waals surface area contributed by atoms with Crippen molar-refractivity contribution in [3.63, 3.8) is 0 Å². The van der Waals surface area contributed by atoms with E-state index in [4.69, 9.17) is 17.0 Å². The summed E-state index contributed by atoms with van der Waals surface area (Å²) in [7, 11) is 3.67. The van der Waals surface area contributed by atoms with E-state index < -0.39 is 0 Å². The van der Waals surface area contributed by atoms with Crippen molar-refractivity contribution in [3.05, 3.63) is 100 Å². The number of nitrogens with zero attached hydrogens (tertiary/aromatic N) is 3. The number of anilines is 1. The summed E-state index contributed by atoms with van der Waals surface area (Å²) in [5.41, 5.74) is 3.98. The van der Waals surface area contributed by atoms with Crippen molar-refractivity contribution in [2.24, 2.45) is 0 Å². The lowest BCUT2D eigenvalue weighted by Crippen LogP contribution is -2.39. The first-order valence-electron chi connectivity index (χ1n) is 10.6. The number of carbonyl (C=O) groups is 2. The highest BCUT2D eigenvalue weighted by molar-refractivity contribution is 6.30. The van der Waals surface area contributed by atoms with E-state index in [-0.39, 0.29) is 18.4 Å². The average molecular weight is 461 g/mol. The van der Waals surface area contributed by atoms with Gasteiger partial charge in [-0.3, -0.25) is 15.0 Å². The lowest BCUT2D eigenvalue weighted by atomic mass is 10.1. The van der Waals surface area contributed by atoms with Crippen molar-refractivity contribution >= 4 is 34.9 Å². The second-order valence-corrected chi connectivity index (χ2v) is 8.65. The Hall–Kier alpha value is -3.64. The predicted molar refractivity (Wildman–Crippen MR) is 131 cm³/mol. The van der Waals surface area contributed by atoms with Gasteiger partial charge in [-0.2, -0.15) is 0 Å². The van der Waals surface area contributed by atoms with Gasteiger partial charge in [-0.05, 0) is 41.5 Å². The number of benzene rings is 3.